The molecular weight excluding hydrogens is 154 g/mol. The van der Waals surface area contributed by atoms with Gasteiger partial charge in [0.05, 0.1) is 7.11 Å². The van der Waals surface area contributed by atoms with Crippen LogP contribution in [0.3, 0.4) is 0 Å². The van der Waals surface area contributed by atoms with Gasteiger partial charge < -0.3 is 10.1 Å². The Kier molecular flexibility index (Phi) is 4.07. The quantitative estimate of drug-likeness (QED) is 0.695. The van der Waals surface area contributed by atoms with Gasteiger partial charge in [-0.25, -0.2) is 4.79 Å². The van der Waals surface area contributed by atoms with Crippen molar-refractivity contribution in [2.75, 3.05) is 7.11 Å². The highest BCUT2D eigenvalue weighted by molar-refractivity contribution is 5.67. The number of hydrogen-bond acceptors (Lipinski definition) is 2. The van der Waals surface area contributed by atoms with Crippen LogP contribution in [0.1, 0.15) is 34.1 Å². The summed E-state index contributed by atoms with van der Waals surface area (Å²) in [6.07, 6.45) is 0.592. The number of methoxy groups -OCH3 is 1. The second-order valence-corrected chi connectivity index (χ2v) is 4.30. The molecule has 0 fully saturated rings. The zero-order chi connectivity index (χ0) is 9.78. The van der Waals surface area contributed by atoms with Crippen LogP contribution in [0.25, 0.3) is 0 Å². The molecule has 12 heavy (non-hydrogen) atoms. The number of nitrogens with one attached hydrogen (secondary N) is 1. The molecule has 0 aliphatic carbocycles. The lowest BCUT2D eigenvalue weighted by Crippen LogP contribution is -2.35. The van der Waals surface area contributed by atoms with Crippen LogP contribution < -0.4 is 5.32 Å². The Hall–Kier alpha value is -0.730. The highest BCUT2D eigenvalue weighted by Crippen LogP contribution is 2.20. The summed E-state index contributed by atoms with van der Waals surface area (Å²) < 4.78 is 4.49. The SMILES string of the molecule is COC(=O)NC(C)CC(C)(C)C. The first-order valence-corrected chi connectivity index (χ1v) is 4.19. The number of alkyl carbamates (subject to hydrolysis) is 1. The van der Waals surface area contributed by atoms with E-state index in [1.165, 1.54) is 7.11 Å². The van der Waals surface area contributed by atoms with Crippen molar-refractivity contribution >= 4 is 6.09 Å². The maximum absolute atomic E-state index is 10.8. The first-order valence-electron chi connectivity index (χ1n) is 4.19. The van der Waals surface area contributed by atoms with Crippen LogP contribution in [0.2, 0.25) is 0 Å². The lowest BCUT2D eigenvalue weighted by Gasteiger charge is -2.23. The van der Waals surface area contributed by atoms with Gasteiger partial charge >= 0.3 is 6.09 Å². The van der Waals surface area contributed by atoms with Crippen molar-refractivity contribution in [3.05, 3.63) is 0 Å². The summed E-state index contributed by atoms with van der Waals surface area (Å²) in [6, 6.07) is 0.164. The fourth-order valence-electron chi connectivity index (χ4n) is 1.23. The first kappa shape index (κ1) is 11.3. The number of hydrogen-bond donors (Lipinski definition) is 1. The number of carbonyl (C=O) groups excluding carboxylic acids is 1. The van der Waals surface area contributed by atoms with Gasteiger partial charge in [0.15, 0.2) is 0 Å². The highest BCUT2D eigenvalue weighted by atomic mass is 16.5. The first-order chi connectivity index (χ1) is 5.35. The Morgan fingerprint density at radius 1 is 1.50 bits per heavy atom. The summed E-state index contributed by atoms with van der Waals surface area (Å²) in [5.74, 6) is 0. The Bertz CT molecular complexity index is 149. The molecule has 0 aromatic heterocycles. The average molecular weight is 173 g/mol. The summed E-state index contributed by atoms with van der Waals surface area (Å²) in [7, 11) is 1.37. The van der Waals surface area contributed by atoms with E-state index < -0.39 is 0 Å². The van der Waals surface area contributed by atoms with Gasteiger partial charge in [-0.3, -0.25) is 0 Å². The molecule has 0 saturated heterocycles. The molecule has 3 heteroatoms. The molecule has 1 amide bonds. The number of ether oxygens (including phenoxy) is 1. The van der Waals surface area contributed by atoms with Gasteiger partial charge in [0, 0.05) is 6.04 Å². The van der Waals surface area contributed by atoms with E-state index in [0.717, 1.165) is 6.42 Å². The van der Waals surface area contributed by atoms with Gasteiger partial charge in [0.2, 0.25) is 0 Å². The molecule has 0 aliphatic rings. The molecule has 0 bridgehead atoms. The van der Waals surface area contributed by atoms with Crippen molar-refractivity contribution in [2.24, 2.45) is 5.41 Å². The van der Waals surface area contributed by atoms with E-state index in [1.54, 1.807) is 0 Å². The zero-order valence-corrected chi connectivity index (χ0v) is 8.60. The lowest BCUT2D eigenvalue weighted by molar-refractivity contribution is 0.164. The largest absolute Gasteiger partial charge is 0.453 e. The smallest absolute Gasteiger partial charge is 0.407 e. The predicted octanol–water partition coefficient (Wildman–Crippen LogP) is 2.17. The van der Waals surface area contributed by atoms with Gasteiger partial charge in [-0.1, -0.05) is 20.8 Å². The third-order valence-electron chi connectivity index (χ3n) is 1.47. The molecule has 0 aromatic carbocycles. The van der Waals surface area contributed by atoms with E-state index in [9.17, 15) is 4.79 Å². The topological polar surface area (TPSA) is 38.3 Å². The normalized spacial score (nSPS) is 13.8. The Morgan fingerprint density at radius 3 is 2.33 bits per heavy atom. The third kappa shape index (κ3) is 6.01. The number of carbonyl (C=O) groups is 1. The van der Waals surface area contributed by atoms with Crippen LogP contribution in [0.15, 0.2) is 0 Å². The van der Waals surface area contributed by atoms with Crippen molar-refractivity contribution in [1.29, 1.82) is 0 Å². The number of amides is 1. The van der Waals surface area contributed by atoms with Crippen LogP contribution >= 0.6 is 0 Å². The van der Waals surface area contributed by atoms with E-state index in [4.69, 9.17) is 0 Å². The van der Waals surface area contributed by atoms with E-state index in [0.29, 0.717) is 0 Å². The highest BCUT2D eigenvalue weighted by Gasteiger charge is 2.16. The van der Waals surface area contributed by atoms with Gasteiger partial charge in [-0.2, -0.15) is 0 Å². The average Bonchev–Trinajstić information content (AvgIpc) is 1.82. The molecule has 0 spiro atoms. The van der Waals surface area contributed by atoms with Crippen molar-refractivity contribution < 1.29 is 9.53 Å². The van der Waals surface area contributed by atoms with Crippen molar-refractivity contribution in [1.82, 2.24) is 5.32 Å². The Morgan fingerprint density at radius 2 is 2.00 bits per heavy atom. The van der Waals surface area contributed by atoms with Gasteiger partial charge in [0.25, 0.3) is 0 Å². The molecule has 0 aromatic rings. The molecule has 0 saturated carbocycles. The van der Waals surface area contributed by atoms with E-state index in [1.807, 2.05) is 6.92 Å². The number of rotatable bonds is 2. The lowest BCUT2D eigenvalue weighted by atomic mass is 9.89. The standard InChI is InChI=1S/C9H19NO2/c1-7(6-9(2,3)4)10-8(11)12-5/h7H,6H2,1-5H3,(H,10,11). The van der Waals surface area contributed by atoms with E-state index in [-0.39, 0.29) is 17.6 Å². The van der Waals surface area contributed by atoms with Crippen molar-refractivity contribution in [3.63, 3.8) is 0 Å². The second kappa shape index (κ2) is 4.33. The van der Waals surface area contributed by atoms with E-state index >= 15 is 0 Å². The maximum atomic E-state index is 10.8. The van der Waals surface area contributed by atoms with Gasteiger partial charge in [0.1, 0.15) is 0 Å². The summed E-state index contributed by atoms with van der Waals surface area (Å²) in [5.41, 5.74) is 0.237. The molecule has 0 heterocycles. The molecule has 1 unspecified atom stereocenters. The fraction of sp³-hybridized carbons (Fsp3) is 0.889. The molecule has 3 nitrogen and oxygen atoms in total. The van der Waals surface area contributed by atoms with Crippen molar-refractivity contribution in [2.45, 2.75) is 40.2 Å². The maximum Gasteiger partial charge on any atom is 0.407 e. The predicted molar refractivity (Wildman–Crippen MR) is 49.1 cm³/mol. The monoisotopic (exact) mass is 173 g/mol. The summed E-state index contributed by atoms with van der Waals surface area (Å²) >= 11 is 0. The van der Waals surface area contributed by atoms with Gasteiger partial charge in [-0.15, -0.1) is 0 Å². The van der Waals surface area contributed by atoms with Crippen LogP contribution in [-0.2, 0) is 4.74 Å². The second-order valence-electron chi connectivity index (χ2n) is 4.30. The fourth-order valence-corrected chi connectivity index (χ4v) is 1.23. The molecule has 0 aliphatic heterocycles. The third-order valence-corrected chi connectivity index (χ3v) is 1.47. The molecule has 0 radical (unpaired) electrons. The minimum Gasteiger partial charge on any atom is -0.453 e. The Labute approximate surface area is 74.5 Å². The molecule has 0 rings (SSSR count). The van der Waals surface area contributed by atoms with Gasteiger partial charge in [-0.05, 0) is 18.8 Å². The zero-order valence-electron chi connectivity index (χ0n) is 8.60. The minimum absolute atomic E-state index is 0.164. The Balaban J connectivity index is 3.74. The molecular formula is C9H19NO2. The van der Waals surface area contributed by atoms with Crippen LogP contribution in [0, 0.1) is 5.41 Å². The molecule has 1 N–H and O–H groups in total. The van der Waals surface area contributed by atoms with Crippen LogP contribution in [-0.4, -0.2) is 19.2 Å². The summed E-state index contributed by atoms with van der Waals surface area (Å²) in [6.45, 7) is 8.40. The molecule has 1 atom stereocenters. The summed E-state index contributed by atoms with van der Waals surface area (Å²) in [4.78, 5) is 10.8. The van der Waals surface area contributed by atoms with E-state index in [2.05, 4.69) is 30.8 Å². The van der Waals surface area contributed by atoms with Crippen LogP contribution in [0.4, 0.5) is 4.79 Å². The van der Waals surface area contributed by atoms with Crippen molar-refractivity contribution in [3.8, 4) is 0 Å². The molecule has 72 valence electrons. The minimum atomic E-state index is -0.355. The summed E-state index contributed by atoms with van der Waals surface area (Å²) in [5, 5.41) is 2.72. The van der Waals surface area contributed by atoms with Crippen LogP contribution in [0.5, 0.6) is 0 Å².